The van der Waals surface area contributed by atoms with E-state index >= 15 is 0 Å². The Labute approximate surface area is 102 Å². The first-order valence-corrected chi connectivity index (χ1v) is 6.05. The molecule has 5 heteroatoms. The molecule has 3 N–H and O–H groups in total. The fourth-order valence-corrected chi connectivity index (χ4v) is 1.92. The van der Waals surface area contributed by atoms with Crippen molar-refractivity contribution < 1.29 is 14.7 Å². The van der Waals surface area contributed by atoms with Gasteiger partial charge in [0, 0.05) is 12.6 Å². The van der Waals surface area contributed by atoms with Gasteiger partial charge in [-0.25, -0.2) is 4.79 Å². The topological polar surface area (TPSA) is 78.4 Å². The predicted molar refractivity (Wildman–Crippen MR) is 64.8 cm³/mol. The van der Waals surface area contributed by atoms with E-state index in [2.05, 4.69) is 10.6 Å². The lowest BCUT2D eigenvalue weighted by atomic mass is 9.97. The second-order valence-electron chi connectivity index (χ2n) is 5.93. The molecule has 0 radical (unpaired) electrons. The highest BCUT2D eigenvalue weighted by Gasteiger charge is 2.30. The predicted octanol–water partition coefficient (Wildman–Crippen LogP) is 1.58. The normalized spacial score (nSPS) is 24.4. The van der Waals surface area contributed by atoms with Crippen LogP contribution in [-0.2, 0) is 4.79 Å². The molecular weight excluding hydrogens is 220 g/mol. The summed E-state index contributed by atoms with van der Waals surface area (Å²) in [5.41, 5.74) is 0.0522. The van der Waals surface area contributed by atoms with Gasteiger partial charge in [-0.2, -0.15) is 0 Å². The van der Waals surface area contributed by atoms with Gasteiger partial charge in [0.05, 0.1) is 5.92 Å². The van der Waals surface area contributed by atoms with Crippen molar-refractivity contribution in [1.82, 2.24) is 10.6 Å². The smallest absolute Gasteiger partial charge is 0.315 e. The van der Waals surface area contributed by atoms with Gasteiger partial charge in [0.25, 0.3) is 0 Å². The Morgan fingerprint density at radius 1 is 1.29 bits per heavy atom. The van der Waals surface area contributed by atoms with E-state index in [1.807, 2.05) is 20.8 Å². The average Bonchev–Trinajstić information content (AvgIpc) is 2.62. The molecule has 0 saturated heterocycles. The van der Waals surface area contributed by atoms with Crippen molar-refractivity contribution in [2.24, 2.45) is 11.3 Å². The summed E-state index contributed by atoms with van der Waals surface area (Å²) in [7, 11) is 0. The first kappa shape index (κ1) is 13.8. The maximum Gasteiger partial charge on any atom is 0.315 e. The van der Waals surface area contributed by atoms with Crippen LogP contribution in [0, 0.1) is 11.3 Å². The zero-order valence-corrected chi connectivity index (χ0v) is 10.7. The minimum absolute atomic E-state index is 0.00364. The van der Waals surface area contributed by atoms with Gasteiger partial charge in [-0.3, -0.25) is 4.79 Å². The van der Waals surface area contributed by atoms with Crippen LogP contribution in [0.4, 0.5) is 4.79 Å². The molecule has 0 aromatic rings. The minimum atomic E-state index is -0.760. The molecule has 0 aromatic carbocycles. The van der Waals surface area contributed by atoms with Gasteiger partial charge in [0.15, 0.2) is 0 Å². The Bertz CT molecular complexity index is 297. The van der Waals surface area contributed by atoms with E-state index in [9.17, 15) is 9.59 Å². The highest BCUT2D eigenvalue weighted by atomic mass is 16.4. The molecule has 1 saturated carbocycles. The molecule has 2 atom stereocenters. The van der Waals surface area contributed by atoms with Gasteiger partial charge in [0.1, 0.15) is 0 Å². The molecule has 0 aliphatic heterocycles. The van der Waals surface area contributed by atoms with Crippen LogP contribution >= 0.6 is 0 Å². The van der Waals surface area contributed by atoms with Gasteiger partial charge in [-0.15, -0.1) is 0 Å². The van der Waals surface area contributed by atoms with Crippen molar-refractivity contribution >= 4 is 12.0 Å². The van der Waals surface area contributed by atoms with Crippen LogP contribution in [0.15, 0.2) is 0 Å². The number of aliphatic carboxylic acids is 1. The molecule has 1 fully saturated rings. The number of carbonyl (C=O) groups excluding carboxylic acids is 1. The number of carboxylic acid groups (broad SMARTS) is 1. The Morgan fingerprint density at radius 3 is 2.41 bits per heavy atom. The standard InChI is InChI=1S/C12H22N2O3/c1-12(2,3)7-13-11(17)14-9-5-4-8(6-9)10(15)16/h8-9H,4-7H2,1-3H3,(H,15,16)(H2,13,14,17). The van der Waals surface area contributed by atoms with Gasteiger partial charge in [0.2, 0.25) is 0 Å². The van der Waals surface area contributed by atoms with Crippen LogP contribution in [0.1, 0.15) is 40.0 Å². The largest absolute Gasteiger partial charge is 0.481 e. The monoisotopic (exact) mass is 242 g/mol. The van der Waals surface area contributed by atoms with E-state index in [0.717, 1.165) is 6.42 Å². The molecule has 2 unspecified atom stereocenters. The third-order valence-electron chi connectivity index (χ3n) is 2.90. The Balaban J connectivity index is 2.26. The summed E-state index contributed by atoms with van der Waals surface area (Å²) in [5.74, 6) is -1.06. The summed E-state index contributed by atoms with van der Waals surface area (Å²) in [6.07, 6.45) is 1.94. The van der Waals surface area contributed by atoms with Crippen molar-refractivity contribution in [2.75, 3.05) is 6.54 Å². The molecule has 1 aliphatic rings. The lowest BCUT2D eigenvalue weighted by molar-refractivity contribution is -0.141. The molecule has 17 heavy (non-hydrogen) atoms. The van der Waals surface area contributed by atoms with Crippen molar-refractivity contribution in [3.8, 4) is 0 Å². The average molecular weight is 242 g/mol. The van der Waals surface area contributed by atoms with Gasteiger partial charge < -0.3 is 15.7 Å². The first-order valence-electron chi connectivity index (χ1n) is 6.05. The Morgan fingerprint density at radius 2 is 1.94 bits per heavy atom. The summed E-state index contributed by atoms with van der Waals surface area (Å²) in [6, 6.07) is -0.202. The van der Waals surface area contributed by atoms with Crippen LogP contribution in [0.5, 0.6) is 0 Å². The molecule has 0 bridgehead atoms. The quantitative estimate of drug-likeness (QED) is 0.703. The minimum Gasteiger partial charge on any atom is -0.481 e. The van der Waals surface area contributed by atoms with Crippen LogP contribution in [0.2, 0.25) is 0 Å². The molecule has 98 valence electrons. The maximum atomic E-state index is 11.6. The third kappa shape index (κ3) is 5.06. The number of urea groups is 1. The zero-order valence-electron chi connectivity index (χ0n) is 10.7. The highest BCUT2D eigenvalue weighted by Crippen LogP contribution is 2.25. The fourth-order valence-electron chi connectivity index (χ4n) is 1.92. The highest BCUT2D eigenvalue weighted by molar-refractivity contribution is 5.75. The second-order valence-corrected chi connectivity index (χ2v) is 5.93. The van der Waals surface area contributed by atoms with Crippen molar-refractivity contribution in [3.63, 3.8) is 0 Å². The number of amides is 2. The van der Waals surface area contributed by atoms with Crippen molar-refractivity contribution in [3.05, 3.63) is 0 Å². The molecule has 0 heterocycles. The molecule has 5 nitrogen and oxygen atoms in total. The molecule has 0 spiro atoms. The summed E-state index contributed by atoms with van der Waals surface area (Å²) < 4.78 is 0. The van der Waals surface area contributed by atoms with Crippen molar-refractivity contribution in [1.29, 1.82) is 0 Å². The number of carboxylic acids is 1. The molecular formula is C12H22N2O3. The SMILES string of the molecule is CC(C)(C)CNC(=O)NC1CCC(C(=O)O)C1. The number of hydrogen-bond donors (Lipinski definition) is 3. The molecule has 1 rings (SSSR count). The van der Waals surface area contributed by atoms with Gasteiger partial charge in [-0.05, 0) is 24.7 Å². The number of nitrogens with one attached hydrogen (secondary N) is 2. The van der Waals surface area contributed by atoms with E-state index < -0.39 is 5.97 Å². The maximum absolute atomic E-state index is 11.6. The summed E-state index contributed by atoms with van der Waals surface area (Å²) in [4.78, 5) is 22.3. The van der Waals surface area contributed by atoms with Gasteiger partial charge >= 0.3 is 12.0 Å². The Hall–Kier alpha value is -1.26. The fraction of sp³-hybridized carbons (Fsp3) is 0.833. The Kier molecular flexibility index (Phi) is 4.37. The summed E-state index contributed by atoms with van der Waals surface area (Å²) >= 11 is 0. The van der Waals surface area contributed by atoms with E-state index in [4.69, 9.17) is 5.11 Å². The third-order valence-corrected chi connectivity index (χ3v) is 2.90. The van der Waals surface area contributed by atoms with Crippen molar-refractivity contribution in [2.45, 2.75) is 46.1 Å². The van der Waals surface area contributed by atoms with Crippen LogP contribution < -0.4 is 10.6 Å². The number of carbonyl (C=O) groups is 2. The molecule has 2 amide bonds. The first-order chi connectivity index (χ1) is 7.78. The zero-order chi connectivity index (χ0) is 13.1. The lowest BCUT2D eigenvalue weighted by Gasteiger charge is -2.20. The number of hydrogen-bond acceptors (Lipinski definition) is 2. The van der Waals surface area contributed by atoms with Crippen LogP contribution in [0.25, 0.3) is 0 Å². The van der Waals surface area contributed by atoms with Crippen LogP contribution in [-0.4, -0.2) is 29.7 Å². The van der Waals surface area contributed by atoms with Crippen LogP contribution in [0.3, 0.4) is 0 Å². The molecule has 1 aliphatic carbocycles. The van der Waals surface area contributed by atoms with Gasteiger partial charge in [-0.1, -0.05) is 20.8 Å². The lowest BCUT2D eigenvalue weighted by Crippen LogP contribution is -2.44. The van der Waals surface area contributed by atoms with E-state index in [0.29, 0.717) is 19.4 Å². The molecule has 0 aromatic heterocycles. The van der Waals surface area contributed by atoms with E-state index in [1.54, 1.807) is 0 Å². The van der Waals surface area contributed by atoms with E-state index in [1.165, 1.54) is 0 Å². The van der Waals surface area contributed by atoms with E-state index in [-0.39, 0.29) is 23.4 Å². The second kappa shape index (κ2) is 5.38. The summed E-state index contributed by atoms with van der Waals surface area (Å²) in [6.45, 7) is 6.74. The summed E-state index contributed by atoms with van der Waals surface area (Å²) in [5, 5.41) is 14.5. The number of rotatable bonds is 3.